The van der Waals surface area contributed by atoms with Gasteiger partial charge in [-0.2, -0.15) is 0 Å². The van der Waals surface area contributed by atoms with Gasteiger partial charge in [0.05, 0.1) is 12.3 Å². The second-order valence-corrected chi connectivity index (χ2v) is 5.44. The second-order valence-electron chi connectivity index (χ2n) is 5.01. The van der Waals surface area contributed by atoms with E-state index in [-0.39, 0.29) is 0 Å². The Morgan fingerprint density at radius 1 is 1.32 bits per heavy atom. The lowest BCUT2D eigenvalue weighted by Crippen LogP contribution is -2.20. The van der Waals surface area contributed by atoms with Crippen LogP contribution in [0.2, 0.25) is 5.02 Å². The van der Waals surface area contributed by atoms with Crippen molar-refractivity contribution in [3.63, 3.8) is 0 Å². The number of benzene rings is 1. The molecule has 3 rings (SSSR count). The normalized spacial score (nSPS) is 21.9. The molecular weight excluding hydrogens is 256 g/mol. The summed E-state index contributed by atoms with van der Waals surface area (Å²) in [5.74, 6) is 0.369. The maximum absolute atomic E-state index is 6.18. The van der Waals surface area contributed by atoms with Crippen LogP contribution in [0.25, 0.3) is 0 Å². The fourth-order valence-electron chi connectivity index (χ4n) is 2.67. The van der Waals surface area contributed by atoms with Crippen LogP contribution in [0.1, 0.15) is 12.0 Å². The van der Waals surface area contributed by atoms with Crippen LogP contribution in [-0.4, -0.2) is 25.8 Å². The molecule has 2 aliphatic rings. The SMILES string of the molecule is CN1CCN=C(C2C=CC=CC2)c2cc(Cl)ccc21. The number of aliphatic imine (C=N–C) groups is 1. The molecule has 0 spiro atoms. The third kappa shape index (κ3) is 2.45. The molecular formula is C16H17ClN2. The van der Waals surface area contributed by atoms with Gasteiger partial charge >= 0.3 is 0 Å². The molecule has 0 radical (unpaired) electrons. The molecule has 0 saturated carbocycles. The topological polar surface area (TPSA) is 15.6 Å². The Morgan fingerprint density at radius 3 is 3.00 bits per heavy atom. The smallest absolute Gasteiger partial charge is 0.0568 e. The first-order chi connectivity index (χ1) is 9.25. The average Bonchev–Trinajstić information content (AvgIpc) is 2.59. The van der Waals surface area contributed by atoms with Gasteiger partial charge in [-0.15, -0.1) is 0 Å². The summed E-state index contributed by atoms with van der Waals surface area (Å²) in [6.45, 7) is 1.79. The number of anilines is 1. The molecule has 3 heteroatoms. The van der Waals surface area contributed by atoms with Crippen LogP contribution in [-0.2, 0) is 0 Å². The molecule has 1 unspecified atom stereocenters. The van der Waals surface area contributed by atoms with Crippen molar-refractivity contribution in [3.8, 4) is 0 Å². The number of allylic oxidation sites excluding steroid dienone is 4. The molecule has 0 amide bonds. The van der Waals surface area contributed by atoms with Crippen LogP contribution in [0.15, 0.2) is 47.5 Å². The van der Waals surface area contributed by atoms with E-state index in [2.05, 4.69) is 42.3 Å². The Bertz CT molecular complexity index is 572. The number of fused-ring (bicyclic) bond motifs is 1. The highest BCUT2D eigenvalue weighted by Crippen LogP contribution is 2.30. The number of nitrogens with zero attached hydrogens (tertiary/aromatic N) is 2. The fourth-order valence-corrected chi connectivity index (χ4v) is 2.84. The van der Waals surface area contributed by atoms with Crippen molar-refractivity contribution in [2.75, 3.05) is 25.0 Å². The van der Waals surface area contributed by atoms with Crippen molar-refractivity contribution < 1.29 is 0 Å². The summed E-state index contributed by atoms with van der Waals surface area (Å²) < 4.78 is 0. The van der Waals surface area contributed by atoms with Gasteiger partial charge in [-0.3, -0.25) is 4.99 Å². The number of halogens is 1. The van der Waals surface area contributed by atoms with Gasteiger partial charge in [-0.1, -0.05) is 35.9 Å². The lowest BCUT2D eigenvalue weighted by atomic mass is 9.90. The van der Waals surface area contributed by atoms with Gasteiger partial charge in [0, 0.05) is 35.8 Å². The third-order valence-corrected chi connectivity index (χ3v) is 3.93. The molecule has 1 aromatic carbocycles. The van der Waals surface area contributed by atoms with Crippen LogP contribution in [0.3, 0.4) is 0 Å². The first-order valence-electron chi connectivity index (χ1n) is 6.64. The van der Waals surface area contributed by atoms with Gasteiger partial charge in [0.1, 0.15) is 0 Å². The molecule has 0 bridgehead atoms. The van der Waals surface area contributed by atoms with E-state index < -0.39 is 0 Å². The Balaban J connectivity index is 2.07. The summed E-state index contributed by atoms with van der Waals surface area (Å²) in [5, 5.41) is 0.775. The average molecular weight is 273 g/mol. The van der Waals surface area contributed by atoms with E-state index >= 15 is 0 Å². The maximum atomic E-state index is 6.18. The van der Waals surface area contributed by atoms with Crippen molar-refractivity contribution in [1.29, 1.82) is 0 Å². The zero-order valence-electron chi connectivity index (χ0n) is 11.0. The van der Waals surface area contributed by atoms with E-state index in [1.165, 1.54) is 17.0 Å². The highest BCUT2D eigenvalue weighted by Gasteiger charge is 2.22. The number of rotatable bonds is 1. The number of hydrogen-bond donors (Lipinski definition) is 0. The lowest BCUT2D eigenvalue weighted by molar-refractivity contribution is 0.852. The van der Waals surface area contributed by atoms with Gasteiger partial charge in [0.2, 0.25) is 0 Å². The third-order valence-electron chi connectivity index (χ3n) is 3.70. The lowest BCUT2D eigenvalue weighted by Gasteiger charge is -2.21. The number of benzodiazepines with no additional fused rings is 1. The highest BCUT2D eigenvalue weighted by atomic mass is 35.5. The first-order valence-corrected chi connectivity index (χ1v) is 7.02. The zero-order valence-corrected chi connectivity index (χ0v) is 11.8. The van der Waals surface area contributed by atoms with Crippen LogP contribution in [0.5, 0.6) is 0 Å². The maximum Gasteiger partial charge on any atom is 0.0568 e. The van der Waals surface area contributed by atoms with Crippen LogP contribution < -0.4 is 4.90 Å². The Hall–Kier alpha value is -1.54. The summed E-state index contributed by atoms with van der Waals surface area (Å²) >= 11 is 6.18. The van der Waals surface area contributed by atoms with Crippen LogP contribution >= 0.6 is 11.6 Å². The van der Waals surface area contributed by atoms with E-state index in [1.54, 1.807) is 0 Å². The molecule has 2 nitrogen and oxygen atoms in total. The molecule has 1 aliphatic carbocycles. The predicted octanol–water partition coefficient (Wildman–Crippen LogP) is 3.71. The second kappa shape index (κ2) is 5.22. The van der Waals surface area contributed by atoms with Gasteiger partial charge in [0.25, 0.3) is 0 Å². The van der Waals surface area contributed by atoms with Crippen LogP contribution in [0, 0.1) is 5.92 Å². The summed E-state index contributed by atoms with van der Waals surface area (Å²) in [5.41, 5.74) is 3.57. The summed E-state index contributed by atoms with van der Waals surface area (Å²) in [4.78, 5) is 7.07. The predicted molar refractivity (Wildman–Crippen MR) is 82.5 cm³/mol. The summed E-state index contributed by atoms with van der Waals surface area (Å²) in [6.07, 6.45) is 9.65. The van der Waals surface area contributed by atoms with Crippen molar-refractivity contribution >= 4 is 23.0 Å². The molecule has 1 aliphatic heterocycles. The fraction of sp³-hybridized carbons (Fsp3) is 0.312. The zero-order chi connectivity index (χ0) is 13.2. The number of hydrogen-bond acceptors (Lipinski definition) is 2. The highest BCUT2D eigenvalue weighted by molar-refractivity contribution is 6.31. The standard InChI is InChI=1S/C16H17ClN2/c1-19-10-9-18-16(12-5-3-2-4-6-12)14-11-13(17)7-8-15(14)19/h2-5,7-8,11-12H,6,9-10H2,1H3. The molecule has 1 atom stereocenters. The molecule has 98 valence electrons. The van der Waals surface area contributed by atoms with Gasteiger partial charge < -0.3 is 4.90 Å². The molecule has 1 heterocycles. The van der Waals surface area contributed by atoms with E-state index in [4.69, 9.17) is 16.6 Å². The van der Waals surface area contributed by atoms with Gasteiger partial charge in [0.15, 0.2) is 0 Å². The van der Waals surface area contributed by atoms with Crippen molar-refractivity contribution in [2.24, 2.45) is 10.9 Å². The minimum atomic E-state index is 0.369. The van der Waals surface area contributed by atoms with Gasteiger partial charge in [-0.25, -0.2) is 0 Å². The minimum absolute atomic E-state index is 0.369. The van der Waals surface area contributed by atoms with Crippen molar-refractivity contribution in [3.05, 3.63) is 53.1 Å². The van der Waals surface area contributed by atoms with Gasteiger partial charge in [-0.05, 0) is 24.6 Å². The van der Waals surface area contributed by atoms with Crippen molar-refractivity contribution in [2.45, 2.75) is 6.42 Å². The quantitative estimate of drug-likeness (QED) is 0.761. The molecule has 0 fully saturated rings. The number of likely N-dealkylation sites (N-methyl/N-ethyl adjacent to an activating group) is 1. The van der Waals surface area contributed by atoms with Crippen molar-refractivity contribution in [1.82, 2.24) is 0 Å². The summed E-state index contributed by atoms with van der Waals surface area (Å²) in [6, 6.07) is 6.10. The Labute approximate surface area is 119 Å². The van der Waals surface area contributed by atoms with E-state index in [1.807, 2.05) is 12.1 Å². The molecule has 0 N–H and O–H groups in total. The van der Waals surface area contributed by atoms with E-state index in [0.717, 1.165) is 24.5 Å². The first kappa shape index (κ1) is 12.5. The molecule has 19 heavy (non-hydrogen) atoms. The molecule has 0 saturated heterocycles. The largest absolute Gasteiger partial charge is 0.372 e. The van der Waals surface area contributed by atoms with Crippen LogP contribution in [0.4, 0.5) is 5.69 Å². The van der Waals surface area contributed by atoms with E-state index in [0.29, 0.717) is 5.92 Å². The molecule has 1 aromatic rings. The van der Waals surface area contributed by atoms with E-state index in [9.17, 15) is 0 Å². The minimum Gasteiger partial charge on any atom is -0.372 e. The Morgan fingerprint density at radius 2 is 2.21 bits per heavy atom. The molecule has 0 aromatic heterocycles. The monoisotopic (exact) mass is 272 g/mol. The Kier molecular flexibility index (Phi) is 3.43. The summed E-state index contributed by atoms with van der Waals surface area (Å²) in [7, 11) is 2.11.